The third-order valence-corrected chi connectivity index (χ3v) is 5.06. The lowest BCUT2D eigenvalue weighted by atomic mass is 9.85. The maximum Gasteiger partial charge on any atom is 0.281 e. The normalized spacial score (nSPS) is 11.4. The number of nitrogens with one attached hydrogen (secondary N) is 1. The molecule has 8 heteroatoms. The van der Waals surface area contributed by atoms with Crippen LogP contribution in [-0.4, -0.2) is 22.2 Å². The molecule has 0 aliphatic rings. The maximum absolute atomic E-state index is 13.0. The van der Waals surface area contributed by atoms with Crippen LogP contribution in [0.3, 0.4) is 0 Å². The van der Waals surface area contributed by atoms with Gasteiger partial charge in [0, 0.05) is 17.7 Å². The van der Waals surface area contributed by atoms with Crippen LogP contribution in [0, 0.1) is 10.1 Å². The highest BCUT2D eigenvalue weighted by Gasteiger charge is 2.39. The number of carbonyl (C=O) groups is 1. The van der Waals surface area contributed by atoms with E-state index in [2.05, 4.69) is 10.5 Å². The number of benzene rings is 3. The van der Waals surface area contributed by atoms with Gasteiger partial charge in [0.05, 0.1) is 11.1 Å². The summed E-state index contributed by atoms with van der Waals surface area (Å²) in [6.45, 7) is 0. The van der Waals surface area contributed by atoms with Crippen LogP contribution in [0.4, 0.5) is 5.69 Å². The molecule has 3 aromatic carbocycles. The molecule has 0 aliphatic carbocycles. The Bertz CT molecular complexity index is 1240. The van der Waals surface area contributed by atoms with Gasteiger partial charge in [-0.05, 0) is 35.4 Å². The van der Waals surface area contributed by atoms with E-state index in [-0.39, 0.29) is 5.69 Å². The monoisotopic (exact) mass is 441 g/mol. The number of carbonyl (C=O) groups excluding carboxylic acids is 1. The number of aliphatic hydroxyl groups is 1. The van der Waals surface area contributed by atoms with Crippen LogP contribution < -0.4 is 5.43 Å². The van der Waals surface area contributed by atoms with Gasteiger partial charge in [0.25, 0.3) is 11.6 Å². The molecule has 0 bridgehead atoms. The second-order valence-electron chi connectivity index (χ2n) is 7.15. The van der Waals surface area contributed by atoms with E-state index in [1.165, 1.54) is 18.3 Å². The van der Waals surface area contributed by atoms with Crippen molar-refractivity contribution in [2.24, 2.45) is 5.10 Å². The quantitative estimate of drug-likeness (QED) is 0.253. The molecular formula is C25H19N3O5. The number of nitro benzene ring substituents is 1. The van der Waals surface area contributed by atoms with Crippen LogP contribution in [0.15, 0.2) is 107 Å². The number of rotatable bonds is 7. The number of amides is 1. The van der Waals surface area contributed by atoms with Gasteiger partial charge < -0.3 is 9.52 Å². The second kappa shape index (κ2) is 9.29. The van der Waals surface area contributed by atoms with Gasteiger partial charge in [-0.2, -0.15) is 5.10 Å². The number of non-ortho nitro benzene ring substituents is 1. The summed E-state index contributed by atoms with van der Waals surface area (Å²) in [5, 5.41) is 26.1. The van der Waals surface area contributed by atoms with Gasteiger partial charge in [-0.1, -0.05) is 60.7 Å². The zero-order valence-corrected chi connectivity index (χ0v) is 17.3. The predicted molar refractivity (Wildman–Crippen MR) is 122 cm³/mol. The Balaban J connectivity index is 1.51. The Morgan fingerprint density at radius 3 is 2.03 bits per heavy atom. The van der Waals surface area contributed by atoms with E-state index in [0.717, 1.165) is 0 Å². The Hall–Kier alpha value is -4.56. The molecule has 0 aliphatic heterocycles. The van der Waals surface area contributed by atoms with E-state index in [9.17, 15) is 20.0 Å². The highest BCUT2D eigenvalue weighted by Crippen LogP contribution is 2.30. The van der Waals surface area contributed by atoms with E-state index < -0.39 is 16.4 Å². The van der Waals surface area contributed by atoms with Crippen LogP contribution in [0.25, 0.3) is 11.3 Å². The Morgan fingerprint density at radius 1 is 0.909 bits per heavy atom. The molecule has 0 spiro atoms. The van der Waals surface area contributed by atoms with Crippen LogP contribution in [0.2, 0.25) is 0 Å². The molecule has 164 valence electrons. The fourth-order valence-electron chi connectivity index (χ4n) is 3.35. The SMILES string of the molecule is O=C(NN=Cc1ccc(-c2ccc([N+](=O)[O-])cc2)o1)C(O)(c1ccccc1)c1ccccc1. The topological polar surface area (TPSA) is 118 Å². The van der Waals surface area contributed by atoms with Crippen molar-refractivity contribution in [1.82, 2.24) is 5.43 Å². The molecule has 2 N–H and O–H groups in total. The van der Waals surface area contributed by atoms with Crippen molar-refractivity contribution >= 4 is 17.8 Å². The van der Waals surface area contributed by atoms with Crippen molar-refractivity contribution < 1.29 is 19.2 Å². The van der Waals surface area contributed by atoms with Crippen LogP contribution >= 0.6 is 0 Å². The summed E-state index contributed by atoms with van der Waals surface area (Å²) in [7, 11) is 0. The Kier molecular flexibility index (Phi) is 6.10. The van der Waals surface area contributed by atoms with Crippen LogP contribution in [0.1, 0.15) is 16.9 Å². The maximum atomic E-state index is 13.0. The van der Waals surface area contributed by atoms with Crippen molar-refractivity contribution in [3.05, 3.63) is 124 Å². The third-order valence-electron chi connectivity index (χ3n) is 5.06. The molecule has 8 nitrogen and oxygen atoms in total. The van der Waals surface area contributed by atoms with Crippen molar-refractivity contribution in [3.8, 4) is 11.3 Å². The standard InChI is InChI=1S/C25H19N3O5/c29-24(25(30,19-7-3-1-4-8-19)20-9-5-2-6-10-20)27-26-17-22-15-16-23(33-22)18-11-13-21(14-12-18)28(31)32/h1-17,30H,(H,27,29). The first-order chi connectivity index (χ1) is 16.0. The van der Waals surface area contributed by atoms with Gasteiger partial charge in [-0.3, -0.25) is 14.9 Å². The molecule has 33 heavy (non-hydrogen) atoms. The van der Waals surface area contributed by atoms with Gasteiger partial charge in [0.15, 0.2) is 5.60 Å². The molecule has 0 unspecified atom stereocenters. The number of hydrogen-bond acceptors (Lipinski definition) is 6. The summed E-state index contributed by atoms with van der Waals surface area (Å²) in [4.78, 5) is 23.3. The third kappa shape index (κ3) is 4.56. The highest BCUT2D eigenvalue weighted by atomic mass is 16.6. The fraction of sp³-hybridized carbons (Fsp3) is 0.0400. The molecular weight excluding hydrogens is 422 g/mol. The van der Waals surface area contributed by atoms with Gasteiger partial charge in [0.2, 0.25) is 0 Å². The van der Waals surface area contributed by atoms with Crippen molar-refractivity contribution in [3.63, 3.8) is 0 Å². The number of hydrazone groups is 1. The zero-order valence-electron chi connectivity index (χ0n) is 17.3. The Morgan fingerprint density at radius 2 is 1.48 bits per heavy atom. The van der Waals surface area contributed by atoms with Gasteiger partial charge in [0.1, 0.15) is 11.5 Å². The number of nitrogens with zero attached hydrogens (tertiary/aromatic N) is 2. The largest absolute Gasteiger partial charge is 0.455 e. The lowest BCUT2D eigenvalue weighted by Gasteiger charge is -2.26. The summed E-state index contributed by atoms with van der Waals surface area (Å²) in [5.74, 6) is 0.118. The van der Waals surface area contributed by atoms with Crippen molar-refractivity contribution in [2.75, 3.05) is 0 Å². The minimum atomic E-state index is -1.94. The van der Waals surface area contributed by atoms with Gasteiger partial charge in [-0.25, -0.2) is 5.43 Å². The fourth-order valence-corrected chi connectivity index (χ4v) is 3.35. The zero-order chi connectivity index (χ0) is 23.3. The number of furan rings is 1. The molecule has 0 radical (unpaired) electrons. The first-order valence-corrected chi connectivity index (χ1v) is 10.00. The summed E-state index contributed by atoms with van der Waals surface area (Å²) < 4.78 is 5.67. The lowest BCUT2D eigenvalue weighted by Crippen LogP contribution is -2.43. The minimum absolute atomic E-state index is 0.0147. The molecule has 1 amide bonds. The van der Waals surface area contributed by atoms with Crippen LogP contribution in [-0.2, 0) is 10.4 Å². The Labute approximate surface area is 189 Å². The smallest absolute Gasteiger partial charge is 0.281 e. The van der Waals surface area contributed by atoms with E-state index in [0.29, 0.717) is 28.2 Å². The average molecular weight is 441 g/mol. The van der Waals surface area contributed by atoms with Crippen LogP contribution in [0.5, 0.6) is 0 Å². The second-order valence-corrected chi connectivity index (χ2v) is 7.15. The first kappa shape index (κ1) is 21.7. The highest BCUT2D eigenvalue weighted by molar-refractivity contribution is 5.91. The van der Waals surface area contributed by atoms with E-state index in [1.54, 1.807) is 84.9 Å². The molecule has 0 atom stereocenters. The van der Waals surface area contributed by atoms with Crippen molar-refractivity contribution in [2.45, 2.75) is 5.60 Å². The molecule has 0 fully saturated rings. The molecule has 1 aromatic heterocycles. The van der Waals surface area contributed by atoms with E-state index >= 15 is 0 Å². The number of hydrogen-bond donors (Lipinski definition) is 2. The predicted octanol–water partition coefficient (Wildman–Crippen LogP) is 4.24. The lowest BCUT2D eigenvalue weighted by molar-refractivity contribution is -0.384. The molecule has 0 saturated carbocycles. The molecule has 1 heterocycles. The summed E-state index contributed by atoms with van der Waals surface area (Å²) in [6, 6.07) is 26.5. The molecule has 4 aromatic rings. The van der Waals surface area contributed by atoms with E-state index in [4.69, 9.17) is 4.42 Å². The average Bonchev–Trinajstić information content (AvgIpc) is 3.33. The molecule has 4 rings (SSSR count). The first-order valence-electron chi connectivity index (χ1n) is 10.00. The van der Waals surface area contributed by atoms with Crippen molar-refractivity contribution in [1.29, 1.82) is 0 Å². The summed E-state index contributed by atoms with van der Waals surface area (Å²) in [5.41, 5.74) is 1.90. The minimum Gasteiger partial charge on any atom is -0.455 e. The number of nitro groups is 1. The van der Waals surface area contributed by atoms with Gasteiger partial charge >= 0.3 is 0 Å². The summed E-state index contributed by atoms with van der Waals surface area (Å²) in [6.07, 6.45) is 1.31. The molecule has 0 saturated heterocycles. The summed E-state index contributed by atoms with van der Waals surface area (Å²) >= 11 is 0. The van der Waals surface area contributed by atoms with Gasteiger partial charge in [-0.15, -0.1) is 0 Å². The van der Waals surface area contributed by atoms with E-state index in [1.807, 2.05) is 0 Å².